The minimum Gasteiger partial charge on any atom is -0.494 e. The van der Waals surface area contributed by atoms with Crippen molar-refractivity contribution < 1.29 is 28.6 Å². The molecule has 3 aromatic rings. The molecule has 0 bridgehead atoms. The second-order valence-electron chi connectivity index (χ2n) is 8.54. The maximum absolute atomic E-state index is 12.4. The second kappa shape index (κ2) is 14.2. The minimum atomic E-state index is -0.931. The monoisotopic (exact) mass is 532 g/mol. The van der Waals surface area contributed by atoms with E-state index >= 15 is 0 Å². The summed E-state index contributed by atoms with van der Waals surface area (Å²) in [6, 6.07) is 17.4. The number of ether oxygens (including phenoxy) is 3. The molecule has 0 atom stereocenters. The van der Waals surface area contributed by atoms with Crippen LogP contribution < -0.4 is 30.3 Å². The van der Waals surface area contributed by atoms with Crippen molar-refractivity contribution in [3.05, 3.63) is 77.4 Å². The molecule has 3 amide bonds. The van der Waals surface area contributed by atoms with E-state index in [9.17, 15) is 14.4 Å². The number of nitrogens with one attached hydrogen (secondary N) is 3. The second-order valence-corrected chi connectivity index (χ2v) is 8.54. The first-order valence-corrected chi connectivity index (χ1v) is 12.3. The summed E-state index contributed by atoms with van der Waals surface area (Å²) in [4.78, 5) is 36.6. The largest absolute Gasteiger partial charge is 0.494 e. The zero-order valence-corrected chi connectivity index (χ0v) is 22.4. The zero-order chi connectivity index (χ0) is 28.2. The van der Waals surface area contributed by atoms with Crippen LogP contribution in [0.15, 0.2) is 65.8 Å². The standard InChI is InChI=1S/C29H32N4O6/c1-5-15-38-23-12-10-22(11-13-23)31-28(35)29(36)33-30-17-21-9-14-24(25(16-21)37-4)39-18-26(34)32-27-19(2)7-6-8-20(27)3/h6-14,16-17H,5,15,18H2,1-4H3,(H,31,35)(H,32,34)(H,33,36)/b30-17-. The molecular weight excluding hydrogens is 500 g/mol. The van der Waals surface area contributed by atoms with Crippen molar-refractivity contribution in [3.8, 4) is 17.2 Å². The van der Waals surface area contributed by atoms with Crippen LogP contribution in [0, 0.1) is 13.8 Å². The Labute approximate surface area is 227 Å². The number of carbonyl (C=O) groups is 3. The first kappa shape index (κ1) is 28.7. The summed E-state index contributed by atoms with van der Waals surface area (Å²) in [6.45, 7) is 6.23. The summed E-state index contributed by atoms with van der Waals surface area (Å²) >= 11 is 0. The third-order valence-electron chi connectivity index (χ3n) is 5.46. The predicted octanol–water partition coefficient (Wildman–Crippen LogP) is 4.21. The maximum Gasteiger partial charge on any atom is 0.329 e. The third kappa shape index (κ3) is 8.60. The van der Waals surface area contributed by atoms with Crippen molar-refractivity contribution in [2.75, 3.05) is 31.0 Å². The number of hydrogen-bond acceptors (Lipinski definition) is 7. The number of benzene rings is 3. The van der Waals surface area contributed by atoms with Crippen LogP contribution >= 0.6 is 0 Å². The van der Waals surface area contributed by atoms with Crippen LogP contribution in [0.1, 0.15) is 30.0 Å². The van der Waals surface area contributed by atoms with Gasteiger partial charge in [0.2, 0.25) is 0 Å². The van der Waals surface area contributed by atoms with E-state index in [1.165, 1.54) is 13.3 Å². The molecular formula is C29H32N4O6. The van der Waals surface area contributed by atoms with E-state index in [0.29, 0.717) is 35.1 Å². The number of para-hydroxylation sites is 1. The average Bonchev–Trinajstić information content (AvgIpc) is 2.93. The number of anilines is 2. The van der Waals surface area contributed by atoms with E-state index in [4.69, 9.17) is 14.2 Å². The number of aryl methyl sites for hydroxylation is 2. The SMILES string of the molecule is CCCOc1ccc(NC(=O)C(=O)N/N=C\c2ccc(OCC(=O)Nc3c(C)cccc3C)c(OC)c2)cc1. The van der Waals surface area contributed by atoms with Crippen molar-refractivity contribution in [2.45, 2.75) is 27.2 Å². The Kier molecular flexibility index (Phi) is 10.4. The van der Waals surface area contributed by atoms with Crippen molar-refractivity contribution in [2.24, 2.45) is 5.10 Å². The fourth-order valence-corrected chi connectivity index (χ4v) is 3.47. The van der Waals surface area contributed by atoms with Crippen LogP contribution in [0.25, 0.3) is 0 Å². The summed E-state index contributed by atoms with van der Waals surface area (Å²) < 4.78 is 16.5. The molecule has 0 aliphatic rings. The van der Waals surface area contributed by atoms with Crippen LogP contribution in [0.5, 0.6) is 17.2 Å². The van der Waals surface area contributed by atoms with Gasteiger partial charge in [0.1, 0.15) is 5.75 Å². The lowest BCUT2D eigenvalue weighted by molar-refractivity contribution is -0.136. The number of hydrogen-bond donors (Lipinski definition) is 3. The highest BCUT2D eigenvalue weighted by Crippen LogP contribution is 2.28. The normalized spacial score (nSPS) is 10.6. The van der Waals surface area contributed by atoms with Gasteiger partial charge in [-0.15, -0.1) is 0 Å². The molecule has 0 aromatic heterocycles. The summed E-state index contributed by atoms with van der Waals surface area (Å²) in [5.74, 6) is -0.692. The lowest BCUT2D eigenvalue weighted by Gasteiger charge is -2.13. The van der Waals surface area contributed by atoms with E-state index in [0.717, 1.165) is 23.2 Å². The van der Waals surface area contributed by atoms with E-state index in [1.807, 2.05) is 39.0 Å². The van der Waals surface area contributed by atoms with E-state index < -0.39 is 11.8 Å². The van der Waals surface area contributed by atoms with Gasteiger partial charge in [0.15, 0.2) is 18.1 Å². The molecule has 0 unspecified atom stereocenters. The molecule has 0 heterocycles. The molecule has 10 heteroatoms. The molecule has 3 rings (SSSR count). The molecule has 0 fully saturated rings. The number of carbonyl (C=O) groups excluding carboxylic acids is 3. The van der Waals surface area contributed by atoms with Crippen molar-refractivity contribution in [3.63, 3.8) is 0 Å². The first-order chi connectivity index (χ1) is 18.8. The third-order valence-corrected chi connectivity index (χ3v) is 5.46. The van der Waals surface area contributed by atoms with Gasteiger partial charge in [0.25, 0.3) is 5.91 Å². The summed E-state index contributed by atoms with van der Waals surface area (Å²) in [5, 5.41) is 9.19. The Balaban J connectivity index is 1.51. The maximum atomic E-state index is 12.4. The highest BCUT2D eigenvalue weighted by molar-refractivity contribution is 6.39. The van der Waals surface area contributed by atoms with Crippen LogP contribution in [-0.2, 0) is 14.4 Å². The topological polar surface area (TPSA) is 127 Å². The fraction of sp³-hybridized carbons (Fsp3) is 0.241. The van der Waals surface area contributed by atoms with Gasteiger partial charge in [0.05, 0.1) is 19.9 Å². The van der Waals surface area contributed by atoms with Crippen LogP contribution in [0.4, 0.5) is 11.4 Å². The molecule has 0 saturated carbocycles. The summed E-state index contributed by atoms with van der Waals surface area (Å²) in [5.41, 5.74) is 5.88. The lowest BCUT2D eigenvalue weighted by atomic mass is 10.1. The molecule has 0 saturated heterocycles. The molecule has 39 heavy (non-hydrogen) atoms. The van der Waals surface area contributed by atoms with Gasteiger partial charge in [0, 0.05) is 11.4 Å². The van der Waals surface area contributed by atoms with Gasteiger partial charge in [-0.3, -0.25) is 14.4 Å². The predicted molar refractivity (Wildman–Crippen MR) is 150 cm³/mol. The smallest absolute Gasteiger partial charge is 0.329 e. The van der Waals surface area contributed by atoms with E-state index in [2.05, 4.69) is 21.2 Å². The van der Waals surface area contributed by atoms with Crippen LogP contribution in [-0.4, -0.2) is 44.3 Å². The summed E-state index contributed by atoms with van der Waals surface area (Å²) in [6.07, 6.45) is 2.24. The van der Waals surface area contributed by atoms with Crippen LogP contribution in [0.2, 0.25) is 0 Å². The van der Waals surface area contributed by atoms with Crippen molar-refractivity contribution >= 4 is 35.3 Å². The Hall–Kier alpha value is -4.86. The number of hydrazone groups is 1. The molecule has 10 nitrogen and oxygen atoms in total. The number of amides is 3. The van der Waals surface area contributed by atoms with Crippen molar-refractivity contribution in [1.29, 1.82) is 0 Å². The van der Waals surface area contributed by atoms with Gasteiger partial charge in [-0.2, -0.15) is 5.10 Å². The number of methoxy groups -OCH3 is 1. The number of rotatable bonds is 11. The molecule has 0 radical (unpaired) electrons. The lowest BCUT2D eigenvalue weighted by Crippen LogP contribution is -2.32. The van der Waals surface area contributed by atoms with Gasteiger partial charge < -0.3 is 24.8 Å². The molecule has 0 aliphatic heterocycles. The van der Waals surface area contributed by atoms with E-state index in [-0.39, 0.29) is 12.5 Å². The highest BCUT2D eigenvalue weighted by atomic mass is 16.5. The van der Waals surface area contributed by atoms with Gasteiger partial charge >= 0.3 is 11.8 Å². The Morgan fingerprint density at radius 3 is 2.26 bits per heavy atom. The molecule has 3 aromatic carbocycles. The Morgan fingerprint density at radius 2 is 1.59 bits per heavy atom. The number of nitrogens with zero attached hydrogens (tertiary/aromatic N) is 1. The van der Waals surface area contributed by atoms with Crippen molar-refractivity contribution in [1.82, 2.24) is 5.43 Å². The Morgan fingerprint density at radius 1 is 0.872 bits per heavy atom. The first-order valence-electron chi connectivity index (χ1n) is 12.3. The average molecular weight is 533 g/mol. The quantitative estimate of drug-likeness (QED) is 0.193. The van der Waals surface area contributed by atoms with Gasteiger partial charge in [-0.1, -0.05) is 25.1 Å². The van der Waals surface area contributed by atoms with Gasteiger partial charge in [-0.05, 0) is 79.4 Å². The van der Waals surface area contributed by atoms with Crippen LogP contribution in [0.3, 0.4) is 0 Å². The Bertz CT molecular complexity index is 1320. The highest BCUT2D eigenvalue weighted by Gasteiger charge is 2.14. The fourth-order valence-electron chi connectivity index (χ4n) is 3.47. The minimum absolute atomic E-state index is 0.211. The van der Waals surface area contributed by atoms with E-state index in [1.54, 1.807) is 42.5 Å². The summed E-state index contributed by atoms with van der Waals surface area (Å²) in [7, 11) is 1.47. The zero-order valence-electron chi connectivity index (χ0n) is 22.4. The molecule has 0 aliphatic carbocycles. The molecule has 0 spiro atoms. The molecule has 204 valence electrons. The molecule has 3 N–H and O–H groups in total. The van der Waals surface area contributed by atoms with Gasteiger partial charge in [-0.25, -0.2) is 5.43 Å².